The monoisotopic (exact) mass is 233 g/mol. The van der Waals surface area contributed by atoms with Crippen LogP contribution in [0.2, 0.25) is 0 Å². The fraction of sp³-hybridized carbons (Fsp3) is 0.900. The molecule has 0 spiro atoms. The van der Waals surface area contributed by atoms with Crippen LogP contribution < -0.4 is 0 Å². The van der Waals surface area contributed by atoms with Gasteiger partial charge in [-0.3, -0.25) is 4.79 Å². The van der Waals surface area contributed by atoms with Crippen molar-refractivity contribution in [3.8, 4) is 0 Å². The summed E-state index contributed by atoms with van der Waals surface area (Å²) in [5.74, 6) is -0.663. The van der Waals surface area contributed by atoms with Crippen molar-refractivity contribution < 1.29 is 18.2 Å². The zero-order valence-electron chi connectivity index (χ0n) is 9.48. The summed E-state index contributed by atoms with van der Waals surface area (Å²) in [5.41, 5.74) is 0. The van der Waals surface area contributed by atoms with E-state index in [0.717, 1.165) is 12.8 Å². The standard InChI is InChI=1S/C10H20O2.Al.2H2O/c1-2-3-4-5-6-7-8-9-10(11)12;;;/h2-9H2,1H3,(H,11,12);;2*1H2/q;+2;;/p-2. The minimum absolute atomic E-state index is 0.341. The molecular formula is C10H22AlO4. The van der Waals surface area contributed by atoms with Gasteiger partial charge in [0.1, 0.15) is 0 Å². The van der Waals surface area contributed by atoms with Crippen LogP contribution in [0.3, 0.4) is 0 Å². The smallest absolute Gasteiger partial charge is 0.499 e. The third-order valence-electron chi connectivity index (χ3n) is 1.99. The summed E-state index contributed by atoms with van der Waals surface area (Å²) in [6, 6.07) is 0. The van der Waals surface area contributed by atoms with Crippen molar-refractivity contribution >= 4 is 21.9 Å². The van der Waals surface area contributed by atoms with Crippen molar-refractivity contribution in [1.29, 1.82) is 0 Å². The molecule has 0 rings (SSSR count). The number of carbonyl (C=O) groups is 1. The molecule has 1 radical (unpaired) electrons. The van der Waals surface area contributed by atoms with Crippen LogP contribution in [0.5, 0.6) is 0 Å². The maximum Gasteiger partial charge on any atom is 0.662 e. The van der Waals surface area contributed by atoms with Gasteiger partial charge in [-0.1, -0.05) is 45.4 Å². The Balaban J connectivity index is 0. The highest BCUT2D eigenvalue weighted by Gasteiger charge is 1.95. The molecule has 5 heteroatoms. The zero-order chi connectivity index (χ0) is 11.9. The lowest BCUT2D eigenvalue weighted by molar-refractivity contribution is -0.137. The second kappa shape index (κ2) is 16.4. The number of aliphatic carboxylic acids is 1. The van der Waals surface area contributed by atoms with Crippen molar-refractivity contribution in [2.24, 2.45) is 0 Å². The molecule has 15 heavy (non-hydrogen) atoms. The minimum atomic E-state index is -1.25. The summed E-state index contributed by atoms with van der Waals surface area (Å²) in [5, 5.41) is 8.35. The Morgan fingerprint density at radius 3 is 1.80 bits per heavy atom. The van der Waals surface area contributed by atoms with Crippen LogP contribution in [0.4, 0.5) is 0 Å². The molecule has 4 nitrogen and oxygen atoms in total. The van der Waals surface area contributed by atoms with Gasteiger partial charge in [0.25, 0.3) is 0 Å². The molecule has 3 N–H and O–H groups in total. The molecule has 0 bridgehead atoms. The minimum Gasteiger partial charge on any atom is -0.499 e. The topological polar surface area (TPSA) is 77.8 Å². The van der Waals surface area contributed by atoms with Crippen molar-refractivity contribution in [2.45, 2.75) is 58.3 Å². The Hall–Kier alpha value is -0.0775. The van der Waals surface area contributed by atoms with E-state index in [9.17, 15) is 4.79 Å². The summed E-state index contributed by atoms with van der Waals surface area (Å²) in [7, 11) is 0. The van der Waals surface area contributed by atoms with E-state index in [-0.39, 0.29) is 0 Å². The van der Waals surface area contributed by atoms with E-state index in [1.54, 1.807) is 0 Å². The van der Waals surface area contributed by atoms with Crippen molar-refractivity contribution in [2.75, 3.05) is 0 Å². The van der Waals surface area contributed by atoms with Crippen LogP contribution in [0.1, 0.15) is 58.3 Å². The van der Waals surface area contributed by atoms with Crippen molar-refractivity contribution in [1.82, 2.24) is 0 Å². The molecule has 0 aromatic rings. The van der Waals surface area contributed by atoms with Gasteiger partial charge in [0.15, 0.2) is 0 Å². The fourth-order valence-corrected chi connectivity index (χ4v) is 1.23. The Kier molecular flexibility index (Phi) is 18.9. The summed E-state index contributed by atoms with van der Waals surface area (Å²) in [4.78, 5) is 10.1. The van der Waals surface area contributed by atoms with Gasteiger partial charge in [0.2, 0.25) is 0 Å². The van der Waals surface area contributed by atoms with Gasteiger partial charge >= 0.3 is 21.9 Å². The number of carboxylic acids is 1. The first kappa shape index (κ1) is 17.3. The fourth-order valence-electron chi connectivity index (χ4n) is 1.23. The molecule has 0 atom stereocenters. The molecule has 0 unspecified atom stereocenters. The first-order valence-corrected chi connectivity index (χ1v) is 6.54. The van der Waals surface area contributed by atoms with Crippen LogP contribution in [-0.4, -0.2) is 35.3 Å². The van der Waals surface area contributed by atoms with E-state index in [1.807, 2.05) is 0 Å². The van der Waals surface area contributed by atoms with Crippen LogP contribution in [-0.2, 0) is 4.79 Å². The van der Waals surface area contributed by atoms with E-state index < -0.39 is 21.9 Å². The number of hydrogen-bond acceptors (Lipinski definition) is 3. The maximum absolute atomic E-state index is 10.1. The number of carboxylic acid groups (broad SMARTS) is 1. The molecule has 0 fully saturated rings. The van der Waals surface area contributed by atoms with Crippen LogP contribution in [0, 0.1) is 0 Å². The van der Waals surface area contributed by atoms with E-state index in [4.69, 9.17) is 13.4 Å². The molecule has 89 valence electrons. The lowest BCUT2D eigenvalue weighted by Gasteiger charge is -1.98. The molecule has 0 amide bonds. The third kappa shape index (κ3) is 24.9. The highest BCUT2D eigenvalue weighted by Crippen LogP contribution is 2.07. The molecule has 0 aliphatic rings. The third-order valence-corrected chi connectivity index (χ3v) is 1.99. The second-order valence-electron chi connectivity index (χ2n) is 3.38. The molecule has 0 saturated heterocycles. The van der Waals surface area contributed by atoms with Crippen molar-refractivity contribution in [3.05, 3.63) is 0 Å². The molecule has 0 aromatic carbocycles. The number of hydrogen-bond donors (Lipinski definition) is 3. The highest BCUT2D eigenvalue weighted by molar-refractivity contribution is 6.13. The second-order valence-corrected chi connectivity index (χ2v) is 3.61. The Bertz CT molecular complexity index is 131. The molecule has 0 saturated carbocycles. The lowest BCUT2D eigenvalue weighted by Crippen LogP contribution is -1.93. The summed E-state index contributed by atoms with van der Waals surface area (Å²) in [6.07, 6.45) is 8.64. The van der Waals surface area contributed by atoms with Gasteiger partial charge in [-0.2, -0.15) is 0 Å². The highest BCUT2D eigenvalue weighted by atomic mass is 27.2. The predicted octanol–water partition coefficient (Wildman–Crippen LogP) is 1.72. The quantitative estimate of drug-likeness (QED) is 0.440. The van der Waals surface area contributed by atoms with Crippen molar-refractivity contribution in [3.63, 3.8) is 0 Å². The summed E-state index contributed by atoms with van der Waals surface area (Å²) < 4.78 is 14.4. The number of unbranched alkanes of at least 4 members (excludes halogenated alkanes) is 6. The zero-order valence-corrected chi connectivity index (χ0v) is 10.6. The average molecular weight is 233 g/mol. The average Bonchev–Trinajstić information content (AvgIpc) is 2.17. The van der Waals surface area contributed by atoms with E-state index in [2.05, 4.69) is 6.92 Å². The predicted molar refractivity (Wildman–Crippen MR) is 60.4 cm³/mol. The Morgan fingerprint density at radius 2 is 1.40 bits per heavy atom. The Labute approximate surface area is 98.7 Å². The molecule has 0 aromatic heterocycles. The van der Waals surface area contributed by atoms with E-state index in [1.165, 1.54) is 32.1 Å². The van der Waals surface area contributed by atoms with E-state index >= 15 is 0 Å². The van der Waals surface area contributed by atoms with Gasteiger partial charge in [-0.15, -0.1) is 0 Å². The summed E-state index contributed by atoms with van der Waals surface area (Å²) in [6.45, 7) is 2.20. The first-order valence-electron chi connectivity index (χ1n) is 5.50. The van der Waals surface area contributed by atoms with Crippen LogP contribution in [0.15, 0.2) is 0 Å². The van der Waals surface area contributed by atoms with Gasteiger partial charge in [0, 0.05) is 6.42 Å². The SMILES string of the molecule is CCCCCCCCCC(=O)O.[OH][Al][OH]. The van der Waals surface area contributed by atoms with Crippen LogP contribution in [0.25, 0.3) is 0 Å². The van der Waals surface area contributed by atoms with Gasteiger partial charge in [0.05, 0.1) is 0 Å². The Morgan fingerprint density at radius 1 is 1.00 bits per heavy atom. The first-order chi connectivity index (χ1) is 7.18. The van der Waals surface area contributed by atoms with Gasteiger partial charge in [-0.25, -0.2) is 0 Å². The van der Waals surface area contributed by atoms with E-state index in [0.29, 0.717) is 6.42 Å². The lowest BCUT2D eigenvalue weighted by atomic mass is 10.1. The van der Waals surface area contributed by atoms with Crippen LogP contribution >= 0.6 is 0 Å². The molecule has 0 heterocycles. The molecule has 0 aliphatic heterocycles. The molecule has 0 aliphatic carbocycles. The van der Waals surface area contributed by atoms with Gasteiger partial charge in [-0.05, 0) is 6.42 Å². The molecular weight excluding hydrogens is 211 g/mol. The largest absolute Gasteiger partial charge is 0.662 e. The maximum atomic E-state index is 10.1. The normalized spacial score (nSPS) is 9.00. The summed E-state index contributed by atoms with van der Waals surface area (Å²) >= 11 is -1.25. The van der Waals surface area contributed by atoms with Gasteiger partial charge < -0.3 is 13.4 Å². The number of rotatable bonds is 8.